The number of amides is 1. The van der Waals surface area contributed by atoms with Gasteiger partial charge in [-0.3, -0.25) is 4.79 Å². The molecule has 0 radical (unpaired) electrons. The Kier molecular flexibility index (Phi) is 6.74. The van der Waals surface area contributed by atoms with Crippen LogP contribution in [0.1, 0.15) is 12.0 Å². The van der Waals surface area contributed by atoms with Crippen molar-refractivity contribution in [1.82, 2.24) is 5.32 Å². The molecule has 0 bridgehead atoms. The molecule has 0 saturated carbocycles. The van der Waals surface area contributed by atoms with Crippen LogP contribution in [-0.2, 0) is 16.0 Å². The molecular formula is C13H19NO2S. The lowest BCUT2D eigenvalue weighted by Crippen LogP contribution is -2.26. The number of carbonyl (C=O) groups excluding carboxylic acids is 1. The molecule has 0 aliphatic carbocycles. The van der Waals surface area contributed by atoms with E-state index in [9.17, 15) is 4.79 Å². The molecule has 0 unspecified atom stereocenters. The monoisotopic (exact) mass is 253 g/mol. The molecule has 1 amide bonds. The minimum atomic E-state index is 0.0719. The number of benzene rings is 1. The fourth-order valence-corrected chi connectivity index (χ4v) is 2.15. The molecule has 0 spiro atoms. The molecule has 0 aliphatic heterocycles. The molecule has 0 heterocycles. The molecule has 0 atom stereocenters. The first kappa shape index (κ1) is 14.1. The SMILES string of the molecule is COCCCNC(=O)Cc1ccccc1SC. The van der Waals surface area contributed by atoms with E-state index < -0.39 is 0 Å². The van der Waals surface area contributed by atoms with Gasteiger partial charge >= 0.3 is 0 Å². The van der Waals surface area contributed by atoms with E-state index in [2.05, 4.69) is 5.32 Å². The van der Waals surface area contributed by atoms with Crippen molar-refractivity contribution < 1.29 is 9.53 Å². The zero-order valence-electron chi connectivity index (χ0n) is 10.4. The summed E-state index contributed by atoms with van der Waals surface area (Å²) < 4.78 is 4.92. The van der Waals surface area contributed by atoms with Gasteiger partial charge in [0.1, 0.15) is 0 Å². The van der Waals surface area contributed by atoms with Crippen LogP contribution in [0.4, 0.5) is 0 Å². The molecule has 1 N–H and O–H groups in total. The molecular weight excluding hydrogens is 234 g/mol. The summed E-state index contributed by atoms with van der Waals surface area (Å²) in [6.45, 7) is 1.36. The highest BCUT2D eigenvalue weighted by Crippen LogP contribution is 2.19. The van der Waals surface area contributed by atoms with Gasteiger partial charge in [-0.1, -0.05) is 18.2 Å². The van der Waals surface area contributed by atoms with Crippen molar-refractivity contribution >= 4 is 17.7 Å². The maximum atomic E-state index is 11.7. The first-order valence-electron chi connectivity index (χ1n) is 5.65. The summed E-state index contributed by atoms with van der Waals surface area (Å²) in [5, 5.41) is 2.89. The maximum Gasteiger partial charge on any atom is 0.224 e. The number of nitrogens with one attached hydrogen (secondary N) is 1. The number of ether oxygens (including phenoxy) is 1. The summed E-state index contributed by atoms with van der Waals surface area (Å²) in [5.41, 5.74) is 1.09. The summed E-state index contributed by atoms with van der Waals surface area (Å²) in [5.74, 6) is 0.0719. The van der Waals surface area contributed by atoms with Crippen LogP contribution in [0.3, 0.4) is 0 Å². The van der Waals surface area contributed by atoms with Gasteiger partial charge in [0.05, 0.1) is 6.42 Å². The van der Waals surface area contributed by atoms with Crippen molar-refractivity contribution in [2.75, 3.05) is 26.5 Å². The standard InChI is InChI=1S/C13H19NO2S/c1-16-9-5-8-14-13(15)10-11-6-3-4-7-12(11)17-2/h3-4,6-7H,5,8-10H2,1-2H3,(H,14,15). The van der Waals surface area contributed by atoms with E-state index >= 15 is 0 Å². The second-order valence-corrected chi connectivity index (χ2v) is 4.53. The molecule has 0 fully saturated rings. The predicted octanol–water partition coefficient (Wildman–Crippen LogP) is 2.10. The molecule has 94 valence electrons. The van der Waals surface area contributed by atoms with Gasteiger partial charge in [0.25, 0.3) is 0 Å². The summed E-state index contributed by atoms with van der Waals surface area (Å²) >= 11 is 1.67. The van der Waals surface area contributed by atoms with Crippen molar-refractivity contribution in [3.63, 3.8) is 0 Å². The van der Waals surface area contributed by atoms with Gasteiger partial charge in [-0.25, -0.2) is 0 Å². The third kappa shape index (κ3) is 5.24. The van der Waals surface area contributed by atoms with Crippen molar-refractivity contribution in [2.45, 2.75) is 17.7 Å². The van der Waals surface area contributed by atoms with Crippen molar-refractivity contribution in [3.8, 4) is 0 Å². The highest BCUT2D eigenvalue weighted by molar-refractivity contribution is 7.98. The predicted molar refractivity (Wildman–Crippen MR) is 71.4 cm³/mol. The molecule has 4 heteroatoms. The van der Waals surface area contributed by atoms with Crippen molar-refractivity contribution in [2.24, 2.45) is 0 Å². The van der Waals surface area contributed by atoms with Gasteiger partial charge in [-0.15, -0.1) is 11.8 Å². The molecule has 0 saturated heterocycles. The van der Waals surface area contributed by atoms with E-state index in [1.54, 1.807) is 18.9 Å². The van der Waals surface area contributed by atoms with E-state index in [-0.39, 0.29) is 5.91 Å². The summed E-state index contributed by atoms with van der Waals surface area (Å²) in [6, 6.07) is 8.00. The van der Waals surface area contributed by atoms with Gasteiger partial charge in [-0.2, -0.15) is 0 Å². The lowest BCUT2D eigenvalue weighted by molar-refractivity contribution is -0.120. The number of hydrogen-bond acceptors (Lipinski definition) is 3. The van der Waals surface area contributed by atoms with Gasteiger partial charge in [0.15, 0.2) is 0 Å². The number of carbonyl (C=O) groups is 1. The van der Waals surface area contributed by atoms with Gasteiger partial charge in [0.2, 0.25) is 5.91 Å². The van der Waals surface area contributed by atoms with Gasteiger partial charge in [0, 0.05) is 25.2 Å². The summed E-state index contributed by atoms with van der Waals surface area (Å²) in [7, 11) is 1.66. The minimum absolute atomic E-state index is 0.0719. The van der Waals surface area contributed by atoms with Crippen LogP contribution in [-0.4, -0.2) is 32.4 Å². The van der Waals surface area contributed by atoms with E-state index in [0.717, 1.165) is 12.0 Å². The third-order valence-corrected chi connectivity index (χ3v) is 3.23. The first-order valence-corrected chi connectivity index (χ1v) is 6.88. The van der Waals surface area contributed by atoms with Crippen LogP contribution >= 0.6 is 11.8 Å². The van der Waals surface area contributed by atoms with E-state index in [4.69, 9.17) is 4.74 Å². The maximum absolute atomic E-state index is 11.7. The Bertz CT molecular complexity index is 355. The average Bonchev–Trinajstić information content (AvgIpc) is 2.35. The lowest BCUT2D eigenvalue weighted by atomic mass is 10.1. The summed E-state index contributed by atoms with van der Waals surface area (Å²) in [4.78, 5) is 12.8. The molecule has 0 aromatic heterocycles. The second kappa shape index (κ2) is 8.14. The highest BCUT2D eigenvalue weighted by atomic mass is 32.2. The molecule has 1 aromatic carbocycles. The Labute approximate surface area is 107 Å². The van der Waals surface area contributed by atoms with Crippen LogP contribution in [0, 0.1) is 0 Å². The highest BCUT2D eigenvalue weighted by Gasteiger charge is 2.06. The van der Waals surface area contributed by atoms with Gasteiger partial charge < -0.3 is 10.1 Å². The number of methoxy groups -OCH3 is 1. The van der Waals surface area contributed by atoms with Crippen LogP contribution in [0.2, 0.25) is 0 Å². The smallest absolute Gasteiger partial charge is 0.224 e. The Balaban J connectivity index is 2.39. The summed E-state index contributed by atoms with van der Waals surface area (Å²) in [6.07, 6.45) is 3.33. The number of rotatable bonds is 7. The Morgan fingerprint density at radius 3 is 2.88 bits per heavy atom. The molecule has 1 rings (SSSR count). The molecule has 0 aliphatic rings. The molecule has 1 aromatic rings. The molecule has 3 nitrogen and oxygen atoms in total. The van der Waals surface area contributed by atoms with Crippen LogP contribution in [0.5, 0.6) is 0 Å². The number of hydrogen-bond donors (Lipinski definition) is 1. The van der Waals surface area contributed by atoms with Gasteiger partial charge in [-0.05, 0) is 24.3 Å². The first-order chi connectivity index (χ1) is 8.27. The Morgan fingerprint density at radius 1 is 1.41 bits per heavy atom. The largest absolute Gasteiger partial charge is 0.385 e. The quantitative estimate of drug-likeness (QED) is 0.597. The van der Waals surface area contributed by atoms with Crippen LogP contribution < -0.4 is 5.32 Å². The third-order valence-electron chi connectivity index (χ3n) is 2.39. The zero-order valence-corrected chi connectivity index (χ0v) is 11.2. The fourth-order valence-electron chi connectivity index (χ4n) is 1.53. The van der Waals surface area contributed by atoms with Crippen LogP contribution in [0.15, 0.2) is 29.2 Å². The Hall–Kier alpha value is -1.00. The van der Waals surface area contributed by atoms with Crippen molar-refractivity contribution in [1.29, 1.82) is 0 Å². The van der Waals surface area contributed by atoms with E-state index in [1.807, 2.05) is 30.5 Å². The lowest BCUT2D eigenvalue weighted by Gasteiger charge is -2.08. The number of thioether (sulfide) groups is 1. The fraction of sp³-hybridized carbons (Fsp3) is 0.462. The van der Waals surface area contributed by atoms with Crippen LogP contribution in [0.25, 0.3) is 0 Å². The molecule has 17 heavy (non-hydrogen) atoms. The second-order valence-electron chi connectivity index (χ2n) is 3.68. The zero-order chi connectivity index (χ0) is 12.5. The normalized spacial score (nSPS) is 10.2. The topological polar surface area (TPSA) is 38.3 Å². The minimum Gasteiger partial charge on any atom is -0.385 e. The van der Waals surface area contributed by atoms with E-state index in [1.165, 1.54) is 4.90 Å². The van der Waals surface area contributed by atoms with E-state index in [0.29, 0.717) is 19.6 Å². The van der Waals surface area contributed by atoms with Crippen molar-refractivity contribution in [3.05, 3.63) is 29.8 Å². The average molecular weight is 253 g/mol. The Morgan fingerprint density at radius 2 is 2.18 bits per heavy atom.